The van der Waals surface area contributed by atoms with Crippen molar-refractivity contribution in [3.05, 3.63) is 53.6 Å². The Morgan fingerprint density at radius 1 is 0.861 bits per heavy atom. The second kappa shape index (κ2) is 9.70. The highest BCUT2D eigenvalue weighted by molar-refractivity contribution is 6.96. The number of rotatable bonds is 7. The maximum absolute atomic E-state index is 7.06. The third-order valence-electron chi connectivity index (χ3n) is 7.61. The maximum Gasteiger partial charge on any atom is 0.138 e. The van der Waals surface area contributed by atoms with E-state index in [0.29, 0.717) is 0 Å². The first-order valence-corrected chi connectivity index (χ1v) is 19.8. The summed E-state index contributed by atoms with van der Waals surface area (Å²) in [5, 5.41) is 5.89. The van der Waals surface area contributed by atoms with Gasteiger partial charge in [-0.2, -0.15) is 0 Å². The summed E-state index contributed by atoms with van der Waals surface area (Å²) in [4.78, 5) is 0. The Morgan fingerprint density at radius 3 is 2.00 bits per heavy atom. The van der Waals surface area contributed by atoms with E-state index in [4.69, 9.17) is 20.8 Å². The van der Waals surface area contributed by atoms with Gasteiger partial charge in [0.25, 0.3) is 0 Å². The van der Waals surface area contributed by atoms with Gasteiger partial charge in [-0.05, 0) is 49.7 Å². The number of ether oxygens (including phenoxy) is 1. The zero-order chi connectivity index (χ0) is 26.5. The first-order valence-electron chi connectivity index (χ1n) is 13.3. The molecule has 0 spiro atoms. The molecule has 0 unspecified atom stereocenters. The third-order valence-corrected chi connectivity index (χ3v) is 15.4. The molecule has 0 saturated carbocycles. The lowest BCUT2D eigenvalue weighted by molar-refractivity contribution is 0.133. The lowest BCUT2D eigenvalue weighted by Crippen LogP contribution is -2.50. The molecule has 192 valence electrons. The highest BCUT2D eigenvalue weighted by atomic mass is 35.5. The molecule has 0 saturated heterocycles. The van der Waals surface area contributed by atoms with Crippen molar-refractivity contribution < 1.29 is 9.15 Å². The second-order valence-corrected chi connectivity index (χ2v) is 22.7. The zero-order valence-electron chi connectivity index (χ0n) is 23.4. The fraction of sp³-hybridized carbons (Fsp3) is 0.419. The monoisotopic (exact) mass is 536 g/mol. The van der Waals surface area contributed by atoms with E-state index >= 15 is 0 Å². The highest BCUT2D eigenvalue weighted by Crippen LogP contribution is 2.42. The summed E-state index contributed by atoms with van der Waals surface area (Å²) in [7, 11) is -3.87. The largest absolute Gasteiger partial charge is 0.487 e. The summed E-state index contributed by atoms with van der Waals surface area (Å²) in [5.41, 5.74) is 4.10. The second-order valence-electron chi connectivity index (χ2n) is 12.1. The van der Waals surface area contributed by atoms with Gasteiger partial charge in [-0.15, -0.1) is 0 Å². The molecule has 4 rings (SSSR count). The van der Waals surface area contributed by atoms with Crippen LogP contribution in [0.4, 0.5) is 0 Å². The van der Waals surface area contributed by atoms with Gasteiger partial charge in [0.05, 0.1) is 16.1 Å². The quantitative estimate of drug-likeness (QED) is 0.219. The molecule has 0 aliphatic heterocycles. The topological polar surface area (TPSA) is 22.4 Å². The van der Waals surface area contributed by atoms with Gasteiger partial charge in [0, 0.05) is 26.5 Å². The van der Waals surface area contributed by atoms with E-state index in [1.54, 1.807) is 0 Å². The molecule has 0 aliphatic rings. The van der Waals surface area contributed by atoms with Crippen LogP contribution >= 0.6 is 11.6 Å². The molecule has 0 N–H and O–H groups in total. The van der Waals surface area contributed by atoms with Crippen LogP contribution < -0.4 is 15.1 Å². The summed E-state index contributed by atoms with van der Waals surface area (Å²) in [6.07, 6.45) is 0. The summed E-state index contributed by atoms with van der Waals surface area (Å²) in [5.74, 6) is 1.06. The SMILES string of the molecule is CC[Si](CC)(CC)c1c(OC(C)(C)C)c(-c2ccccc2)c([Si](C)(C)C)c2c1oc1ccc(Cl)cc12. The lowest BCUT2D eigenvalue weighted by atomic mass is 10.00. The van der Waals surface area contributed by atoms with Gasteiger partial charge in [0.1, 0.15) is 22.5 Å². The van der Waals surface area contributed by atoms with Crippen molar-refractivity contribution in [3.63, 3.8) is 0 Å². The number of benzene rings is 3. The number of furan rings is 1. The Bertz CT molecular complexity index is 1380. The van der Waals surface area contributed by atoms with E-state index in [1.807, 2.05) is 12.1 Å². The normalized spacial score (nSPS) is 13.1. The van der Waals surface area contributed by atoms with E-state index in [9.17, 15) is 0 Å². The summed E-state index contributed by atoms with van der Waals surface area (Å²) >= 11 is 6.58. The zero-order valence-corrected chi connectivity index (χ0v) is 26.2. The van der Waals surface area contributed by atoms with Crippen LogP contribution in [0.2, 0.25) is 42.8 Å². The molecule has 0 radical (unpaired) electrons. The Hall–Kier alpha value is -2.02. The highest BCUT2D eigenvalue weighted by Gasteiger charge is 2.41. The molecule has 0 bridgehead atoms. The van der Waals surface area contributed by atoms with Crippen LogP contribution in [0.3, 0.4) is 0 Å². The van der Waals surface area contributed by atoms with Crippen molar-refractivity contribution >= 4 is 60.1 Å². The fourth-order valence-electron chi connectivity index (χ4n) is 5.76. The van der Waals surface area contributed by atoms with E-state index in [2.05, 4.69) is 97.6 Å². The molecule has 4 aromatic rings. The molecule has 5 heteroatoms. The third kappa shape index (κ3) is 4.68. The van der Waals surface area contributed by atoms with E-state index in [1.165, 1.54) is 26.9 Å². The van der Waals surface area contributed by atoms with Crippen molar-refractivity contribution in [2.24, 2.45) is 0 Å². The summed E-state index contributed by atoms with van der Waals surface area (Å²) in [6, 6.07) is 20.4. The van der Waals surface area contributed by atoms with E-state index < -0.39 is 16.1 Å². The average Bonchev–Trinajstić information content (AvgIpc) is 3.17. The molecule has 2 nitrogen and oxygen atoms in total. The van der Waals surface area contributed by atoms with Crippen molar-refractivity contribution in [2.75, 3.05) is 0 Å². The number of hydrogen-bond donors (Lipinski definition) is 0. The first-order chi connectivity index (χ1) is 16.9. The molecule has 0 amide bonds. The van der Waals surface area contributed by atoms with Crippen molar-refractivity contribution in [2.45, 2.75) is 84.9 Å². The molecule has 3 aromatic carbocycles. The van der Waals surface area contributed by atoms with Crippen molar-refractivity contribution in [3.8, 4) is 16.9 Å². The van der Waals surface area contributed by atoms with Crippen LogP contribution in [0.15, 0.2) is 52.9 Å². The van der Waals surface area contributed by atoms with Gasteiger partial charge in [-0.3, -0.25) is 0 Å². The number of halogens is 1. The molecule has 0 atom stereocenters. The average molecular weight is 537 g/mol. The molecular weight excluding hydrogens is 496 g/mol. The Kier molecular flexibility index (Phi) is 7.28. The van der Waals surface area contributed by atoms with Gasteiger partial charge in [-0.1, -0.05) is 100 Å². The molecule has 0 fully saturated rings. The standard InChI is InChI=1S/C31H41ClO2Si2/c1-10-36(11-2,12-3)30-27-26(23-20-22(32)18-19-24(23)33-27)29(35(7,8)9)25(21-16-14-13-15-17-21)28(30)34-31(4,5)6/h13-20H,10-12H2,1-9H3. The molecule has 1 aromatic heterocycles. The van der Waals surface area contributed by atoms with Gasteiger partial charge >= 0.3 is 0 Å². The smallest absolute Gasteiger partial charge is 0.138 e. The van der Waals surface area contributed by atoms with Gasteiger partial charge < -0.3 is 9.15 Å². The fourth-order valence-corrected chi connectivity index (χ4v) is 11.8. The maximum atomic E-state index is 7.06. The lowest BCUT2D eigenvalue weighted by Gasteiger charge is -2.36. The van der Waals surface area contributed by atoms with Crippen LogP contribution in [0.25, 0.3) is 33.1 Å². The van der Waals surface area contributed by atoms with Crippen LogP contribution in [0.1, 0.15) is 41.5 Å². The Labute approximate surface area is 224 Å². The van der Waals surface area contributed by atoms with Crippen molar-refractivity contribution in [1.29, 1.82) is 0 Å². The van der Waals surface area contributed by atoms with Gasteiger partial charge in [-0.25, -0.2) is 0 Å². The van der Waals surface area contributed by atoms with Crippen LogP contribution in [-0.2, 0) is 0 Å². The van der Waals surface area contributed by atoms with Gasteiger partial charge in [0.15, 0.2) is 0 Å². The first kappa shape index (κ1) is 27.0. The predicted octanol–water partition coefficient (Wildman–Crippen LogP) is 9.34. The molecule has 36 heavy (non-hydrogen) atoms. The molecule has 0 aliphatic carbocycles. The van der Waals surface area contributed by atoms with Crippen LogP contribution in [-0.4, -0.2) is 21.7 Å². The predicted molar refractivity (Wildman–Crippen MR) is 164 cm³/mol. The van der Waals surface area contributed by atoms with E-state index in [0.717, 1.165) is 45.5 Å². The van der Waals surface area contributed by atoms with Crippen molar-refractivity contribution in [1.82, 2.24) is 0 Å². The summed E-state index contributed by atoms with van der Waals surface area (Å²) in [6.45, 7) is 20.9. The molecule has 1 heterocycles. The minimum atomic E-state index is -1.96. The Balaban J connectivity index is 2.41. The Morgan fingerprint density at radius 2 is 1.47 bits per heavy atom. The van der Waals surface area contributed by atoms with Crippen LogP contribution in [0.5, 0.6) is 5.75 Å². The molecular formula is C31H41ClO2Si2. The summed E-state index contributed by atoms with van der Waals surface area (Å²) < 4.78 is 13.9. The number of fused-ring (bicyclic) bond motifs is 3. The minimum absolute atomic E-state index is 0.340. The van der Waals surface area contributed by atoms with Gasteiger partial charge in [0.2, 0.25) is 0 Å². The van der Waals surface area contributed by atoms with Crippen LogP contribution in [0, 0.1) is 0 Å². The number of hydrogen-bond acceptors (Lipinski definition) is 2. The van der Waals surface area contributed by atoms with E-state index in [-0.39, 0.29) is 5.60 Å². The minimum Gasteiger partial charge on any atom is -0.487 e.